The van der Waals surface area contributed by atoms with Gasteiger partial charge >= 0.3 is 0 Å². The van der Waals surface area contributed by atoms with Crippen molar-refractivity contribution < 1.29 is 4.42 Å². The van der Waals surface area contributed by atoms with Gasteiger partial charge in [0.25, 0.3) is 0 Å². The minimum Gasteiger partial charge on any atom is -0.456 e. The molecule has 4 heteroatoms. The maximum atomic E-state index is 6.29. The molecule has 3 nitrogen and oxygen atoms in total. The third-order valence-corrected chi connectivity index (χ3v) is 10.0. The molecule has 0 saturated carbocycles. The Labute approximate surface area is 272 Å². The van der Waals surface area contributed by atoms with E-state index in [0.29, 0.717) is 0 Å². The normalized spacial score (nSPS) is 12.0. The first-order chi connectivity index (χ1) is 22.8. The average molecular weight is 654 g/mol. The summed E-state index contributed by atoms with van der Waals surface area (Å²) in [4.78, 5) is 0. The summed E-state index contributed by atoms with van der Waals surface area (Å²) in [7, 11) is 0. The molecule has 0 aliphatic rings. The zero-order valence-electron chi connectivity index (χ0n) is 24.6. The highest BCUT2D eigenvalue weighted by Gasteiger charge is 2.24. The van der Waals surface area contributed by atoms with Gasteiger partial charge in [0, 0.05) is 48.2 Å². The van der Waals surface area contributed by atoms with Crippen LogP contribution in [0.1, 0.15) is 0 Å². The van der Waals surface area contributed by atoms with Crippen molar-refractivity contribution >= 4 is 81.5 Å². The van der Waals surface area contributed by atoms with E-state index in [4.69, 9.17) is 4.42 Å². The van der Waals surface area contributed by atoms with E-state index in [1.807, 2.05) is 12.1 Å². The molecule has 10 aromatic rings. The first-order valence-corrected chi connectivity index (χ1v) is 16.3. The number of aromatic nitrogens is 2. The molecule has 3 aromatic heterocycles. The lowest BCUT2D eigenvalue weighted by Gasteiger charge is -2.13. The summed E-state index contributed by atoms with van der Waals surface area (Å²) >= 11 is 3.80. The highest BCUT2D eigenvalue weighted by molar-refractivity contribution is 9.10. The van der Waals surface area contributed by atoms with Crippen LogP contribution in [0.4, 0.5) is 0 Å². The Bertz CT molecular complexity index is 2800. The van der Waals surface area contributed by atoms with E-state index >= 15 is 0 Å². The Hall–Kier alpha value is -5.58. The summed E-state index contributed by atoms with van der Waals surface area (Å²) in [6.07, 6.45) is 0. The van der Waals surface area contributed by atoms with Gasteiger partial charge in [0.05, 0.1) is 22.1 Å². The highest BCUT2D eigenvalue weighted by Crippen LogP contribution is 2.47. The maximum Gasteiger partial charge on any atom is 0.136 e. The van der Waals surface area contributed by atoms with Crippen molar-refractivity contribution in [3.63, 3.8) is 0 Å². The fourth-order valence-corrected chi connectivity index (χ4v) is 8.04. The molecule has 0 spiro atoms. The fourth-order valence-electron chi connectivity index (χ4n) is 7.48. The standard InChI is InChI=1S/C42H25BrN2O/c43-33-18-11-21-38-40(33)32-24-26(22-23-37(32)46-38)31-25-36-41(30-17-8-9-19-34(30)44(36)27-12-3-1-4-13-27)42-39(31)29-16-7-10-20-35(29)45(42)28-14-5-2-6-15-28/h1-25H. The van der Waals surface area contributed by atoms with Gasteiger partial charge in [0.1, 0.15) is 11.2 Å². The second kappa shape index (κ2) is 9.71. The predicted octanol–water partition coefficient (Wildman–Crippen LogP) is 12.2. The van der Waals surface area contributed by atoms with E-state index in [0.717, 1.165) is 43.3 Å². The topological polar surface area (TPSA) is 23.0 Å². The van der Waals surface area contributed by atoms with Crippen LogP contribution in [-0.4, -0.2) is 9.13 Å². The van der Waals surface area contributed by atoms with Crippen LogP contribution in [0.15, 0.2) is 161 Å². The van der Waals surface area contributed by atoms with Gasteiger partial charge in [0.15, 0.2) is 0 Å². The zero-order chi connectivity index (χ0) is 30.4. The molecule has 0 bridgehead atoms. The molecule has 7 aromatic carbocycles. The number of nitrogens with zero attached hydrogens (tertiary/aromatic N) is 2. The lowest BCUT2D eigenvalue weighted by molar-refractivity contribution is 0.669. The van der Waals surface area contributed by atoms with Gasteiger partial charge in [-0.05, 0) is 77.9 Å². The molecule has 0 saturated heterocycles. The van der Waals surface area contributed by atoms with Crippen LogP contribution >= 0.6 is 15.9 Å². The van der Waals surface area contributed by atoms with E-state index in [1.165, 1.54) is 49.2 Å². The molecule has 0 fully saturated rings. The summed E-state index contributed by atoms with van der Waals surface area (Å²) in [5.74, 6) is 0. The molecular weight excluding hydrogens is 628 g/mol. The van der Waals surface area contributed by atoms with E-state index in [-0.39, 0.29) is 0 Å². The Morgan fingerprint density at radius 3 is 1.80 bits per heavy atom. The molecule has 3 heterocycles. The van der Waals surface area contributed by atoms with Gasteiger partial charge in [-0.3, -0.25) is 0 Å². The number of halogens is 1. The van der Waals surface area contributed by atoms with E-state index in [2.05, 4.69) is 165 Å². The first kappa shape index (κ1) is 25.7. The lowest BCUT2D eigenvalue weighted by atomic mass is 9.95. The second-order valence-electron chi connectivity index (χ2n) is 11.8. The molecule has 0 aliphatic heterocycles. The van der Waals surface area contributed by atoms with Crippen molar-refractivity contribution in [1.29, 1.82) is 0 Å². The molecule has 10 rings (SSSR count). The van der Waals surface area contributed by atoms with Crippen LogP contribution in [0, 0.1) is 0 Å². The Morgan fingerprint density at radius 1 is 0.435 bits per heavy atom. The minimum atomic E-state index is 0.881. The number of hydrogen-bond donors (Lipinski definition) is 0. The van der Waals surface area contributed by atoms with E-state index < -0.39 is 0 Å². The summed E-state index contributed by atoms with van der Waals surface area (Å²) < 4.78 is 12.2. The number of furan rings is 1. The van der Waals surface area contributed by atoms with Gasteiger partial charge in [-0.2, -0.15) is 0 Å². The van der Waals surface area contributed by atoms with Crippen LogP contribution < -0.4 is 0 Å². The van der Waals surface area contributed by atoms with Crippen molar-refractivity contribution in [3.05, 3.63) is 156 Å². The van der Waals surface area contributed by atoms with Crippen molar-refractivity contribution in [2.24, 2.45) is 0 Å². The molecule has 0 radical (unpaired) electrons. The van der Waals surface area contributed by atoms with E-state index in [9.17, 15) is 0 Å². The Kier molecular flexibility index (Phi) is 5.43. The molecular formula is C42H25BrN2O. The minimum absolute atomic E-state index is 0.881. The number of fused-ring (bicyclic) bond motifs is 10. The van der Waals surface area contributed by atoms with Crippen LogP contribution in [0.5, 0.6) is 0 Å². The van der Waals surface area contributed by atoms with Crippen molar-refractivity contribution in [1.82, 2.24) is 9.13 Å². The number of hydrogen-bond acceptors (Lipinski definition) is 1. The van der Waals surface area contributed by atoms with Crippen molar-refractivity contribution in [2.45, 2.75) is 0 Å². The van der Waals surface area contributed by atoms with Gasteiger partial charge in [-0.1, -0.05) is 101 Å². The summed E-state index contributed by atoms with van der Waals surface area (Å²) in [6, 6.07) is 54.3. The Balaban J connectivity index is 1.46. The highest BCUT2D eigenvalue weighted by atomic mass is 79.9. The third kappa shape index (κ3) is 3.53. The predicted molar refractivity (Wildman–Crippen MR) is 196 cm³/mol. The second-order valence-corrected chi connectivity index (χ2v) is 12.7. The smallest absolute Gasteiger partial charge is 0.136 e. The van der Waals surface area contributed by atoms with Crippen LogP contribution in [0.25, 0.3) is 88.1 Å². The lowest BCUT2D eigenvalue weighted by Crippen LogP contribution is -1.96. The number of benzene rings is 7. The Morgan fingerprint density at radius 2 is 1.07 bits per heavy atom. The molecule has 0 unspecified atom stereocenters. The molecule has 0 atom stereocenters. The molecule has 0 aliphatic carbocycles. The van der Waals surface area contributed by atoms with Crippen molar-refractivity contribution in [3.8, 4) is 22.5 Å². The molecule has 46 heavy (non-hydrogen) atoms. The summed E-state index contributed by atoms with van der Waals surface area (Å²) in [5, 5.41) is 7.15. The SMILES string of the molecule is Brc1cccc2oc3ccc(-c4cc5c(c6ccccc6n5-c5ccccc5)c5c4c4ccccc4n5-c4ccccc4)cc3c12. The molecule has 216 valence electrons. The van der Waals surface area contributed by atoms with Crippen LogP contribution in [0.3, 0.4) is 0 Å². The van der Waals surface area contributed by atoms with Crippen LogP contribution in [-0.2, 0) is 0 Å². The van der Waals surface area contributed by atoms with Gasteiger partial charge in [0.2, 0.25) is 0 Å². The van der Waals surface area contributed by atoms with Crippen molar-refractivity contribution in [2.75, 3.05) is 0 Å². The maximum absolute atomic E-state index is 6.29. The summed E-state index contributed by atoms with van der Waals surface area (Å²) in [6.45, 7) is 0. The first-order valence-electron chi connectivity index (χ1n) is 15.5. The summed E-state index contributed by atoms with van der Waals surface area (Å²) in [5.41, 5.74) is 11.2. The van der Waals surface area contributed by atoms with Crippen LogP contribution in [0.2, 0.25) is 0 Å². The zero-order valence-corrected chi connectivity index (χ0v) is 26.2. The van der Waals surface area contributed by atoms with E-state index in [1.54, 1.807) is 0 Å². The largest absolute Gasteiger partial charge is 0.456 e. The van der Waals surface area contributed by atoms with Gasteiger partial charge < -0.3 is 13.6 Å². The third-order valence-electron chi connectivity index (χ3n) is 9.36. The monoisotopic (exact) mass is 652 g/mol. The number of para-hydroxylation sites is 4. The van der Waals surface area contributed by atoms with Gasteiger partial charge in [-0.15, -0.1) is 0 Å². The van der Waals surface area contributed by atoms with Gasteiger partial charge in [-0.25, -0.2) is 0 Å². The quantitative estimate of drug-likeness (QED) is 0.186. The average Bonchev–Trinajstić information content (AvgIpc) is 3.76. The molecule has 0 N–H and O–H groups in total. The number of rotatable bonds is 3. The fraction of sp³-hybridized carbons (Fsp3) is 0. The molecule has 0 amide bonds.